The van der Waals surface area contributed by atoms with Crippen molar-refractivity contribution in [3.05, 3.63) is 42.5 Å². The van der Waals surface area contributed by atoms with E-state index in [4.69, 9.17) is 5.73 Å². The van der Waals surface area contributed by atoms with Crippen LogP contribution in [-0.2, 0) is 4.79 Å². The van der Waals surface area contributed by atoms with E-state index in [9.17, 15) is 4.79 Å². The van der Waals surface area contributed by atoms with E-state index in [0.29, 0.717) is 13.0 Å². The molecule has 0 saturated carbocycles. The first-order valence-electron chi connectivity index (χ1n) is 5.98. The molecule has 94 valence electrons. The number of allylic oxidation sites excluding steroid dienone is 1. The van der Waals surface area contributed by atoms with Gasteiger partial charge in [0.2, 0.25) is 5.91 Å². The molecule has 1 amide bonds. The highest BCUT2D eigenvalue weighted by atomic mass is 16.1. The Morgan fingerprint density at radius 2 is 2.06 bits per heavy atom. The van der Waals surface area contributed by atoms with Crippen LogP contribution in [0.4, 0.5) is 5.69 Å². The van der Waals surface area contributed by atoms with Crippen molar-refractivity contribution in [2.75, 3.05) is 11.9 Å². The van der Waals surface area contributed by atoms with E-state index in [1.165, 1.54) is 0 Å². The van der Waals surface area contributed by atoms with Crippen LogP contribution in [0.15, 0.2) is 36.9 Å². The first-order valence-corrected chi connectivity index (χ1v) is 5.98. The lowest BCUT2D eigenvalue weighted by molar-refractivity contribution is -0.116. The molecule has 0 saturated heterocycles. The van der Waals surface area contributed by atoms with Gasteiger partial charge in [0.15, 0.2) is 0 Å². The standard InChI is InChI=1S/C15H18N2O/c1-2-3-6-13-8-10-14(11-9-13)17-15(18)7-4-5-12-16/h2,8-11H,1,4-5,7,12,16H2,(H,17,18). The van der Waals surface area contributed by atoms with Crippen molar-refractivity contribution in [1.29, 1.82) is 0 Å². The smallest absolute Gasteiger partial charge is 0.224 e. The zero-order valence-electron chi connectivity index (χ0n) is 10.4. The number of nitrogens with two attached hydrogens (primary N) is 1. The number of amides is 1. The van der Waals surface area contributed by atoms with Gasteiger partial charge in [-0.1, -0.05) is 18.4 Å². The topological polar surface area (TPSA) is 55.1 Å². The molecule has 3 heteroatoms. The Labute approximate surface area is 108 Å². The maximum absolute atomic E-state index is 11.6. The van der Waals surface area contributed by atoms with E-state index in [-0.39, 0.29) is 5.91 Å². The number of rotatable bonds is 5. The zero-order valence-corrected chi connectivity index (χ0v) is 10.4. The van der Waals surface area contributed by atoms with Gasteiger partial charge in [-0.25, -0.2) is 0 Å². The lowest BCUT2D eigenvalue weighted by Gasteiger charge is -2.04. The molecule has 0 spiro atoms. The Balaban J connectivity index is 2.48. The van der Waals surface area contributed by atoms with Crippen molar-refractivity contribution < 1.29 is 4.79 Å². The van der Waals surface area contributed by atoms with Crippen LogP contribution in [0.25, 0.3) is 0 Å². The fourth-order valence-corrected chi connectivity index (χ4v) is 1.42. The molecule has 0 aliphatic rings. The van der Waals surface area contributed by atoms with Crippen LogP contribution in [0, 0.1) is 11.8 Å². The monoisotopic (exact) mass is 242 g/mol. The lowest BCUT2D eigenvalue weighted by atomic mass is 10.2. The molecule has 1 rings (SSSR count). The Morgan fingerprint density at radius 3 is 2.67 bits per heavy atom. The molecule has 0 aliphatic carbocycles. The average Bonchev–Trinajstić information content (AvgIpc) is 2.38. The number of nitrogens with one attached hydrogen (secondary N) is 1. The molecule has 0 radical (unpaired) electrons. The van der Waals surface area contributed by atoms with Gasteiger partial charge in [0.05, 0.1) is 0 Å². The number of hydrogen-bond donors (Lipinski definition) is 2. The maximum atomic E-state index is 11.6. The molecular formula is C15H18N2O. The van der Waals surface area contributed by atoms with E-state index in [1.807, 2.05) is 24.3 Å². The lowest BCUT2D eigenvalue weighted by Crippen LogP contribution is -2.11. The minimum atomic E-state index is 0.0216. The van der Waals surface area contributed by atoms with Gasteiger partial charge in [0.1, 0.15) is 0 Å². The van der Waals surface area contributed by atoms with Gasteiger partial charge < -0.3 is 11.1 Å². The largest absolute Gasteiger partial charge is 0.330 e. The van der Waals surface area contributed by atoms with E-state index in [1.54, 1.807) is 6.08 Å². The predicted octanol–water partition coefficient (Wildman–Crippen LogP) is 2.29. The summed E-state index contributed by atoms with van der Waals surface area (Å²) >= 11 is 0. The van der Waals surface area contributed by atoms with E-state index in [2.05, 4.69) is 23.7 Å². The van der Waals surface area contributed by atoms with Crippen LogP contribution < -0.4 is 11.1 Å². The first kappa shape index (κ1) is 14.0. The molecule has 18 heavy (non-hydrogen) atoms. The van der Waals surface area contributed by atoms with Crippen molar-refractivity contribution >= 4 is 11.6 Å². The van der Waals surface area contributed by atoms with Crippen molar-refractivity contribution in [3.8, 4) is 11.8 Å². The summed E-state index contributed by atoms with van der Waals surface area (Å²) in [6.45, 7) is 4.16. The second-order valence-corrected chi connectivity index (χ2v) is 3.84. The highest BCUT2D eigenvalue weighted by molar-refractivity contribution is 5.90. The summed E-state index contributed by atoms with van der Waals surface area (Å²) < 4.78 is 0. The number of unbranched alkanes of at least 4 members (excludes halogenated alkanes) is 1. The summed E-state index contributed by atoms with van der Waals surface area (Å²) in [7, 11) is 0. The number of hydrogen-bond acceptors (Lipinski definition) is 2. The van der Waals surface area contributed by atoms with Crippen molar-refractivity contribution in [3.63, 3.8) is 0 Å². The van der Waals surface area contributed by atoms with Crippen LogP contribution in [0.3, 0.4) is 0 Å². The van der Waals surface area contributed by atoms with Crippen molar-refractivity contribution in [1.82, 2.24) is 0 Å². The van der Waals surface area contributed by atoms with Crippen LogP contribution >= 0.6 is 0 Å². The maximum Gasteiger partial charge on any atom is 0.224 e. The molecule has 0 aromatic heterocycles. The normalized spacial score (nSPS) is 9.17. The molecule has 1 aromatic rings. The fourth-order valence-electron chi connectivity index (χ4n) is 1.42. The Morgan fingerprint density at radius 1 is 1.33 bits per heavy atom. The molecular weight excluding hydrogens is 224 g/mol. The fraction of sp³-hybridized carbons (Fsp3) is 0.267. The number of carbonyl (C=O) groups is 1. The molecule has 0 heterocycles. The van der Waals surface area contributed by atoms with Crippen molar-refractivity contribution in [2.45, 2.75) is 19.3 Å². The second kappa shape index (κ2) is 8.10. The van der Waals surface area contributed by atoms with Gasteiger partial charge in [0, 0.05) is 17.7 Å². The quantitative estimate of drug-likeness (QED) is 0.615. The molecule has 0 atom stereocenters. The SMILES string of the molecule is C=CC#Cc1ccc(NC(=O)CCCCN)cc1. The van der Waals surface area contributed by atoms with E-state index >= 15 is 0 Å². The summed E-state index contributed by atoms with van der Waals surface area (Å²) in [4.78, 5) is 11.6. The highest BCUT2D eigenvalue weighted by Gasteiger charge is 2.01. The van der Waals surface area contributed by atoms with Gasteiger partial charge in [-0.3, -0.25) is 4.79 Å². The zero-order chi connectivity index (χ0) is 13.2. The third-order valence-corrected chi connectivity index (χ3v) is 2.35. The third kappa shape index (κ3) is 5.33. The van der Waals surface area contributed by atoms with Crippen LogP contribution in [0.5, 0.6) is 0 Å². The van der Waals surface area contributed by atoms with Gasteiger partial charge >= 0.3 is 0 Å². The Bertz CT molecular complexity index is 452. The van der Waals surface area contributed by atoms with Crippen LogP contribution in [-0.4, -0.2) is 12.5 Å². The molecule has 0 unspecified atom stereocenters. The van der Waals surface area contributed by atoms with Gasteiger partial charge in [0.25, 0.3) is 0 Å². The number of carbonyl (C=O) groups excluding carboxylic acids is 1. The van der Waals surface area contributed by atoms with E-state index < -0.39 is 0 Å². The number of benzene rings is 1. The molecule has 0 aliphatic heterocycles. The van der Waals surface area contributed by atoms with Crippen LogP contribution in [0.1, 0.15) is 24.8 Å². The highest BCUT2D eigenvalue weighted by Crippen LogP contribution is 2.09. The minimum absolute atomic E-state index is 0.0216. The van der Waals surface area contributed by atoms with Gasteiger partial charge in [-0.2, -0.15) is 0 Å². The Hall–Kier alpha value is -2.05. The third-order valence-electron chi connectivity index (χ3n) is 2.35. The van der Waals surface area contributed by atoms with E-state index in [0.717, 1.165) is 24.1 Å². The molecule has 0 bridgehead atoms. The second-order valence-electron chi connectivity index (χ2n) is 3.84. The predicted molar refractivity (Wildman–Crippen MR) is 75.1 cm³/mol. The first-order chi connectivity index (χ1) is 8.76. The summed E-state index contributed by atoms with van der Waals surface area (Å²) in [5, 5.41) is 2.84. The average molecular weight is 242 g/mol. The summed E-state index contributed by atoms with van der Waals surface area (Å²) in [5.74, 6) is 5.72. The molecule has 0 fully saturated rings. The molecule has 3 nitrogen and oxygen atoms in total. The van der Waals surface area contributed by atoms with Gasteiger partial charge in [-0.15, -0.1) is 0 Å². The number of anilines is 1. The molecule has 3 N–H and O–H groups in total. The summed E-state index contributed by atoms with van der Waals surface area (Å²) in [6, 6.07) is 7.42. The van der Waals surface area contributed by atoms with Crippen LogP contribution in [0.2, 0.25) is 0 Å². The summed E-state index contributed by atoms with van der Waals surface area (Å²) in [6.07, 6.45) is 3.76. The van der Waals surface area contributed by atoms with Gasteiger partial charge in [-0.05, 0) is 49.7 Å². The summed E-state index contributed by atoms with van der Waals surface area (Å²) in [5.41, 5.74) is 7.06. The van der Waals surface area contributed by atoms with Crippen molar-refractivity contribution in [2.24, 2.45) is 5.73 Å². The minimum Gasteiger partial charge on any atom is -0.330 e. The molecule has 1 aromatic carbocycles. The Kier molecular flexibility index (Phi) is 6.31.